The van der Waals surface area contributed by atoms with Crippen LogP contribution in [0.25, 0.3) is 0 Å². The van der Waals surface area contributed by atoms with Crippen molar-refractivity contribution in [1.82, 2.24) is 4.90 Å². The number of rotatable bonds is 7. The van der Waals surface area contributed by atoms with Crippen molar-refractivity contribution < 1.29 is 24.2 Å². The van der Waals surface area contributed by atoms with Gasteiger partial charge in [-0.05, 0) is 42.5 Å². The topological polar surface area (TPSA) is 77.8 Å². The number of aliphatic carboxylic acids is 2. The van der Waals surface area contributed by atoms with Gasteiger partial charge in [0, 0.05) is 24.5 Å². The Morgan fingerprint density at radius 3 is 2.00 bits per heavy atom. The van der Waals surface area contributed by atoms with Gasteiger partial charge in [0.1, 0.15) is 5.82 Å². The highest BCUT2D eigenvalue weighted by molar-refractivity contribution is 5.77. The predicted octanol–water partition coefficient (Wildman–Crippen LogP) is 4.65. The third-order valence-electron chi connectivity index (χ3n) is 7.09. The first kappa shape index (κ1) is 22.9. The summed E-state index contributed by atoms with van der Waals surface area (Å²) in [6.07, 6.45) is 1.44. The number of hydrogen-bond donors (Lipinski definition) is 2. The molecular formula is C25H30FNO4. The van der Waals surface area contributed by atoms with Crippen LogP contribution < -0.4 is 0 Å². The zero-order valence-electron chi connectivity index (χ0n) is 18.2. The zero-order chi connectivity index (χ0) is 22.8. The van der Waals surface area contributed by atoms with E-state index in [2.05, 4.69) is 0 Å². The maximum Gasteiger partial charge on any atom is 0.308 e. The van der Waals surface area contributed by atoms with Gasteiger partial charge in [-0.1, -0.05) is 56.3 Å². The van der Waals surface area contributed by atoms with Crippen LogP contribution in [0.1, 0.15) is 49.3 Å². The van der Waals surface area contributed by atoms with E-state index in [-0.39, 0.29) is 13.1 Å². The second-order valence-corrected chi connectivity index (χ2v) is 8.38. The molecule has 1 aliphatic heterocycles. The molecule has 5 nitrogen and oxygen atoms in total. The second kappa shape index (κ2) is 9.18. The van der Waals surface area contributed by atoms with E-state index in [0.29, 0.717) is 11.1 Å². The molecule has 0 bridgehead atoms. The molecule has 1 fully saturated rings. The van der Waals surface area contributed by atoms with Crippen LogP contribution in [-0.4, -0.2) is 40.1 Å². The Balaban J connectivity index is 2.12. The van der Waals surface area contributed by atoms with E-state index < -0.39 is 41.0 Å². The first-order chi connectivity index (χ1) is 14.8. The van der Waals surface area contributed by atoms with Gasteiger partial charge in [0.15, 0.2) is 0 Å². The highest BCUT2D eigenvalue weighted by Gasteiger charge is 2.50. The lowest BCUT2D eigenvalue weighted by molar-refractivity contribution is -0.154. The molecule has 6 heteroatoms. The summed E-state index contributed by atoms with van der Waals surface area (Å²) < 4.78 is 14.3. The molecule has 0 spiro atoms. The molecule has 2 aromatic rings. The average Bonchev–Trinajstić information content (AvgIpc) is 2.77. The minimum absolute atomic E-state index is 0.205. The number of hydrogen-bond acceptors (Lipinski definition) is 3. The molecule has 0 aliphatic carbocycles. The molecule has 3 rings (SSSR count). The lowest BCUT2D eigenvalue weighted by atomic mass is 9.70. The largest absolute Gasteiger partial charge is 0.481 e. The average molecular weight is 428 g/mol. The summed E-state index contributed by atoms with van der Waals surface area (Å²) in [5.74, 6) is -5.29. The Kier molecular flexibility index (Phi) is 6.80. The van der Waals surface area contributed by atoms with Crippen LogP contribution in [0.3, 0.4) is 0 Å². The van der Waals surface area contributed by atoms with Crippen molar-refractivity contribution in [1.29, 1.82) is 0 Å². The van der Waals surface area contributed by atoms with E-state index in [1.54, 1.807) is 13.0 Å². The number of likely N-dealkylation sites (tertiary alicyclic amines) is 1. The molecule has 1 aliphatic rings. The molecule has 1 heterocycles. The van der Waals surface area contributed by atoms with Crippen molar-refractivity contribution in [3.63, 3.8) is 0 Å². The maximum atomic E-state index is 14.3. The molecule has 0 aromatic heterocycles. The Morgan fingerprint density at radius 2 is 1.52 bits per heavy atom. The predicted molar refractivity (Wildman–Crippen MR) is 116 cm³/mol. The number of halogens is 1. The molecule has 166 valence electrons. The summed E-state index contributed by atoms with van der Waals surface area (Å²) in [4.78, 5) is 26.8. The minimum atomic E-state index is -1.06. The van der Waals surface area contributed by atoms with Crippen molar-refractivity contribution in [2.24, 2.45) is 11.8 Å². The molecule has 0 saturated carbocycles. The van der Waals surface area contributed by atoms with Crippen LogP contribution in [0, 0.1) is 24.6 Å². The van der Waals surface area contributed by atoms with E-state index in [4.69, 9.17) is 0 Å². The maximum absolute atomic E-state index is 14.3. The second-order valence-electron chi connectivity index (χ2n) is 8.38. The van der Waals surface area contributed by atoms with Crippen molar-refractivity contribution in [2.45, 2.75) is 45.1 Å². The normalized spacial score (nSPS) is 22.3. The molecule has 1 saturated heterocycles. The van der Waals surface area contributed by atoms with Gasteiger partial charge < -0.3 is 10.2 Å². The van der Waals surface area contributed by atoms with Crippen molar-refractivity contribution in [3.8, 4) is 0 Å². The van der Waals surface area contributed by atoms with E-state index in [1.807, 2.05) is 49.1 Å². The summed E-state index contributed by atoms with van der Waals surface area (Å²) in [5, 5.41) is 20.2. The molecule has 31 heavy (non-hydrogen) atoms. The Morgan fingerprint density at radius 1 is 0.968 bits per heavy atom. The zero-order valence-corrected chi connectivity index (χ0v) is 18.2. The molecule has 2 unspecified atom stereocenters. The van der Waals surface area contributed by atoms with E-state index in [0.717, 1.165) is 18.4 Å². The van der Waals surface area contributed by atoms with Gasteiger partial charge in [-0.25, -0.2) is 4.39 Å². The van der Waals surface area contributed by atoms with Crippen molar-refractivity contribution in [3.05, 3.63) is 71.0 Å². The summed E-state index contributed by atoms with van der Waals surface area (Å²) in [5.41, 5.74) is 1.37. The first-order valence-electron chi connectivity index (χ1n) is 10.8. The smallest absolute Gasteiger partial charge is 0.308 e. The number of carboxylic acid groups (broad SMARTS) is 2. The van der Waals surface area contributed by atoms with E-state index in [1.165, 1.54) is 12.1 Å². The summed E-state index contributed by atoms with van der Waals surface area (Å²) >= 11 is 0. The standard InChI is InChI=1S/C25H30FNO4/c1-4-25(5-2,17-10-7-6-8-11-17)27-14-19(23(28)29)22(20(15-27)24(30)31)18-12-9-13-21(26)16(18)3/h6-13,19-20,22H,4-5,14-15H2,1-3H3,(H,28,29)(H,30,31). The third-order valence-corrected chi connectivity index (χ3v) is 7.09. The van der Waals surface area contributed by atoms with Gasteiger partial charge in [0.05, 0.1) is 11.8 Å². The Labute approximate surface area is 182 Å². The number of piperidine rings is 1. The highest BCUT2D eigenvalue weighted by Crippen LogP contribution is 2.45. The molecule has 2 atom stereocenters. The lowest BCUT2D eigenvalue weighted by Gasteiger charge is -2.51. The lowest BCUT2D eigenvalue weighted by Crippen LogP contribution is -2.57. The number of nitrogens with zero attached hydrogens (tertiary/aromatic N) is 1. The van der Waals surface area contributed by atoms with Crippen LogP contribution >= 0.6 is 0 Å². The molecule has 2 aromatic carbocycles. The van der Waals surface area contributed by atoms with E-state index in [9.17, 15) is 24.2 Å². The highest BCUT2D eigenvalue weighted by atomic mass is 19.1. The molecule has 2 N–H and O–H groups in total. The van der Waals surface area contributed by atoms with Gasteiger partial charge in [-0.15, -0.1) is 0 Å². The van der Waals surface area contributed by atoms with Gasteiger partial charge in [0.25, 0.3) is 0 Å². The third kappa shape index (κ3) is 4.09. The van der Waals surface area contributed by atoms with Crippen molar-refractivity contribution in [2.75, 3.05) is 13.1 Å². The van der Waals surface area contributed by atoms with Crippen LogP contribution in [0.5, 0.6) is 0 Å². The van der Waals surface area contributed by atoms with E-state index >= 15 is 0 Å². The monoisotopic (exact) mass is 427 g/mol. The Hall–Kier alpha value is -2.73. The van der Waals surface area contributed by atoms with Crippen LogP contribution in [0.2, 0.25) is 0 Å². The fraction of sp³-hybridized carbons (Fsp3) is 0.440. The van der Waals surface area contributed by atoms with Gasteiger partial charge >= 0.3 is 11.9 Å². The summed E-state index contributed by atoms with van der Waals surface area (Å²) in [6.45, 7) is 6.09. The Bertz CT molecular complexity index is 918. The number of carbonyl (C=O) groups is 2. The van der Waals surface area contributed by atoms with Gasteiger partial charge in [0.2, 0.25) is 0 Å². The quantitative estimate of drug-likeness (QED) is 0.673. The number of benzene rings is 2. The first-order valence-corrected chi connectivity index (χ1v) is 10.8. The molecule has 0 amide bonds. The van der Waals surface area contributed by atoms with Crippen LogP contribution in [0.4, 0.5) is 4.39 Å². The molecular weight excluding hydrogens is 397 g/mol. The van der Waals surface area contributed by atoms with Gasteiger partial charge in [-0.3, -0.25) is 14.5 Å². The van der Waals surface area contributed by atoms with Crippen LogP contribution in [-0.2, 0) is 15.1 Å². The summed E-state index contributed by atoms with van der Waals surface area (Å²) in [6, 6.07) is 14.3. The fourth-order valence-electron chi connectivity index (χ4n) is 5.33. The van der Waals surface area contributed by atoms with Gasteiger partial charge in [-0.2, -0.15) is 0 Å². The summed E-state index contributed by atoms with van der Waals surface area (Å²) in [7, 11) is 0. The van der Waals surface area contributed by atoms with Crippen molar-refractivity contribution >= 4 is 11.9 Å². The number of carboxylic acids is 2. The minimum Gasteiger partial charge on any atom is -0.481 e. The molecule has 0 radical (unpaired) electrons. The van der Waals surface area contributed by atoms with Crippen LogP contribution in [0.15, 0.2) is 48.5 Å². The SMILES string of the molecule is CCC(CC)(c1ccccc1)N1CC(C(=O)O)C(c2cccc(F)c2C)C(C(=O)O)C1. The fourth-order valence-corrected chi connectivity index (χ4v) is 5.33.